The van der Waals surface area contributed by atoms with E-state index in [4.69, 9.17) is 4.52 Å². The van der Waals surface area contributed by atoms with Gasteiger partial charge in [0.15, 0.2) is 5.82 Å². The van der Waals surface area contributed by atoms with Gasteiger partial charge in [0.2, 0.25) is 0 Å². The van der Waals surface area contributed by atoms with Gasteiger partial charge in [-0.25, -0.2) is 8.78 Å². The van der Waals surface area contributed by atoms with E-state index >= 15 is 0 Å². The van der Waals surface area contributed by atoms with Crippen LogP contribution in [0.25, 0.3) is 10.8 Å². The van der Waals surface area contributed by atoms with Gasteiger partial charge >= 0.3 is 0 Å². The Balaban J connectivity index is 1.67. The molecule has 1 aromatic carbocycles. The predicted molar refractivity (Wildman–Crippen MR) is 89.2 cm³/mol. The highest BCUT2D eigenvalue weighted by Crippen LogP contribution is 2.27. The molecule has 3 aromatic rings. The first-order valence-electron chi connectivity index (χ1n) is 7.60. The van der Waals surface area contributed by atoms with Gasteiger partial charge in [0.05, 0.1) is 17.0 Å². The summed E-state index contributed by atoms with van der Waals surface area (Å²) in [6.45, 7) is 4.12. The van der Waals surface area contributed by atoms with Crippen LogP contribution in [0.15, 0.2) is 34.9 Å². The first kappa shape index (κ1) is 17.2. The van der Waals surface area contributed by atoms with Gasteiger partial charge in [-0.1, -0.05) is 19.0 Å². The second kappa shape index (κ2) is 7.10. The van der Waals surface area contributed by atoms with Crippen molar-refractivity contribution in [2.75, 3.05) is 0 Å². The van der Waals surface area contributed by atoms with Crippen LogP contribution in [0.2, 0.25) is 0 Å². The zero-order valence-electron chi connectivity index (χ0n) is 13.5. The van der Waals surface area contributed by atoms with Crippen molar-refractivity contribution in [3.05, 3.63) is 58.2 Å². The van der Waals surface area contributed by atoms with Gasteiger partial charge in [-0.2, -0.15) is 4.98 Å². The van der Waals surface area contributed by atoms with Crippen LogP contribution in [-0.4, -0.2) is 16.0 Å². The van der Waals surface area contributed by atoms with Gasteiger partial charge < -0.3 is 9.84 Å². The lowest BCUT2D eigenvalue weighted by molar-refractivity contribution is 0.0946. The van der Waals surface area contributed by atoms with E-state index in [1.165, 1.54) is 11.3 Å². The second-order valence-electron chi connectivity index (χ2n) is 5.69. The molecular weight excluding hydrogens is 348 g/mol. The topological polar surface area (TPSA) is 68.0 Å². The molecule has 2 aromatic heterocycles. The molecule has 0 aliphatic heterocycles. The normalized spacial score (nSPS) is 11.1. The number of rotatable bonds is 5. The highest BCUT2D eigenvalue weighted by Gasteiger charge is 2.15. The number of thiophene rings is 1. The Morgan fingerprint density at radius 3 is 2.80 bits per heavy atom. The van der Waals surface area contributed by atoms with E-state index < -0.39 is 17.5 Å². The maximum atomic E-state index is 13.6. The minimum absolute atomic E-state index is 0.164. The second-order valence-corrected chi connectivity index (χ2v) is 6.85. The van der Waals surface area contributed by atoms with Crippen LogP contribution in [0, 0.1) is 11.6 Å². The fourth-order valence-electron chi connectivity index (χ4n) is 2.09. The molecule has 0 bridgehead atoms. The molecule has 0 unspecified atom stereocenters. The van der Waals surface area contributed by atoms with Crippen LogP contribution in [0.1, 0.15) is 40.8 Å². The SMILES string of the molecule is CC(C)c1noc(-c2ccc(CNC(=O)c3cc(F)ccc3F)s2)n1. The number of halogens is 2. The Labute approximate surface area is 146 Å². The van der Waals surface area contributed by atoms with E-state index in [9.17, 15) is 13.6 Å². The first-order valence-corrected chi connectivity index (χ1v) is 8.41. The molecule has 0 spiro atoms. The smallest absolute Gasteiger partial charge is 0.268 e. The van der Waals surface area contributed by atoms with E-state index in [0.717, 1.165) is 28.0 Å². The first-order chi connectivity index (χ1) is 11.9. The summed E-state index contributed by atoms with van der Waals surface area (Å²) in [5, 5.41) is 6.48. The van der Waals surface area contributed by atoms with E-state index in [1.807, 2.05) is 26.0 Å². The maximum Gasteiger partial charge on any atom is 0.268 e. The van der Waals surface area contributed by atoms with Crippen molar-refractivity contribution in [2.24, 2.45) is 0 Å². The Hall–Kier alpha value is -2.61. The van der Waals surface area contributed by atoms with E-state index in [1.54, 1.807) is 0 Å². The molecule has 0 radical (unpaired) electrons. The van der Waals surface area contributed by atoms with Gasteiger partial charge in [-0.3, -0.25) is 4.79 Å². The van der Waals surface area contributed by atoms with E-state index in [-0.39, 0.29) is 18.0 Å². The molecule has 25 heavy (non-hydrogen) atoms. The lowest BCUT2D eigenvalue weighted by atomic mass is 10.2. The quantitative estimate of drug-likeness (QED) is 0.740. The predicted octanol–water partition coefficient (Wildman–Crippen LogP) is 4.13. The monoisotopic (exact) mass is 363 g/mol. The number of amides is 1. The molecule has 0 saturated heterocycles. The number of carbonyl (C=O) groups excluding carboxylic acids is 1. The molecule has 1 amide bonds. The van der Waals surface area contributed by atoms with Crippen molar-refractivity contribution >= 4 is 17.2 Å². The number of nitrogens with zero attached hydrogens (tertiary/aromatic N) is 2. The van der Waals surface area contributed by atoms with Gasteiger partial charge in [0, 0.05) is 10.8 Å². The van der Waals surface area contributed by atoms with E-state index in [2.05, 4.69) is 15.5 Å². The van der Waals surface area contributed by atoms with E-state index in [0.29, 0.717) is 11.7 Å². The summed E-state index contributed by atoms with van der Waals surface area (Å²) in [7, 11) is 0. The number of hydrogen-bond donors (Lipinski definition) is 1. The zero-order chi connectivity index (χ0) is 18.0. The molecule has 5 nitrogen and oxygen atoms in total. The van der Waals surface area contributed by atoms with Gasteiger partial charge in [-0.05, 0) is 30.3 Å². The maximum absolute atomic E-state index is 13.6. The van der Waals surface area contributed by atoms with Gasteiger partial charge in [0.1, 0.15) is 11.6 Å². The Morgan fingerprint density at radius 2 is 2.08 bits per heavy atom. The summed E-state index contributed by atoms with van der Waals surface area (Å²) in [5.74, 6) is -0.897. The van der Waals surface area contributed by atoms with Crippen LogP contribution in [0.5, 0.6) is 0 Å². The largest absolute Gasteiger partial charge is 0.347 e. The number of nitrogens with one attached hydrogen (secondary N) is 1. The molecule has 1 N–H and O–H groups in total. The fraction of sp³-hybridized carbons (Fsp3) is 0.235. The third-order valence-corrected chi connectivity index (χ3v) is 4.50. The molecule has 0 atom stereocenters. The van der Waals surface area contributed by atoms with Crippen molar-refractivity contribution in [1.29, 1.82) is 0 Å². The van der Waals surface area contributed by atoms with Crippen LogP contribution in [-0.2, 0) is 6.54 Å². The minimum atomic E-state index is -0.766. The summed E-state index contributed by atoms with van der Waals surface area (Å²) >= 11 is 1.38. The average Bonchev–Trinajstić information content (AvgIpc) is 3.23. The van der Waals surface area contributed by atoms with Gasteiger partial charge in [-0.15, -0.1) is 11.3 Å². The number of benzene rings is 1. The van der Waals surface area contributed by atoms with Crippen LogP contribution in [0.4, 0.5) is 8.78 Å². The number of carbonyl (C=O) groups is 1. The summed E-state index contributed by atoms with van der Waals surface area (Å²) in [6.07, 6.45) is 0. The summed E-state index contributed by atoms with van der Waals surface area (Å²) in [4.78, 5) is 17.9. The highest BCUT2D eigenvalue weighted by atomic mass is 32.1. The Kier molecular flexibility index (Phi) is 4.89. The molecule has 0 aliphatic rings. The Bertz CT molecular complexity index is 905. The summed E-state index contributed by atoms with van der Waals surface area (Å²) in [5.41, 5.74) is -0.324. The number of aromatic nitrogens is 2. The molecule has 0 fully saturated rings. The van der Waals surface area contributed by atoms with Crippen molar-refractivity contribution in [3.63, 3.8) is 0 Å². The summed E-state index contributed by atoms with van der Waals surface area (Å²) in [6, 6.07) is 6.38. The molecule has 130 valence electrons. The number of hydrogen-bond acceptors (Lipinski definition) is 5. The molecule has 3 rings (SSSR count). The minimum Gasteiger partial charge on any atom is -0.347 e. The third kappa shape index (κ3) is 3.90. The van der Waals surface area contributed by atoms with Crippen molar-refractivity contribution in [1.82, 2.24) is 15.5 Å². The van der Waals surface area contributed by atoms with Crippen LogP contribution >= 0.6 is 11.3 Å². The van der Waals surface area contributed by atoms with Crippen molar-refractivity contribution in [3.8, 4) is 10.8 Å². The lowest BCUT2D eigenvalue weighted by Crippen LogP contribution is -2.23. The lowest BCUT2D eigenvalue weighted by Gasteiger charge is -2.04. The molecule has 0 aliphatic carbocycles. The van der Waals surface area contributed by atoms with Crippen molar-refractivity contribution in [2.45, 2.75) is 26.3 Å². The highest BCUT2D eigenvalue weighted by molar-refractivity contribution is 7.15. The fourth-order valence-corrected chi connectivity index (χ4v) is 2.96. The third-order valence-electron chi connectivity index (χ3n) is 3.43. The average molecular weight is 363 g/mol. The van der Waals surface area contributed by atoms with Crippen molar-refractivity contribution < 1.29 is 18.1 Å². The molecule has 2 heterocycles. The molecule has 8 heteroatoms. The van der Waals surface area contributed by atoms with Gasteiger partial charge in [0.25, 0.3) is 11.8 Å². The molecular formula is C17H15F2N3O2S. The Morgan fingerprint density at radius 1 is 1.28 bits per heavy atom. The molecule has 0 saturated carbocycles. The van der Waals surface area contributed by atoms with Crippen LogP contribution in [0.3, 0.4) is 0 Å². The van der Waals surface area contributed by atoms with Crippen LogP contribution < -0.4 is 5.32 Å². The standard InChI is InChI=1S/C17H15F2N3O2S/c1-9(2)15-21-17(24-22-15)14-6-4-11(25-14)8-20-16(23)12-7-10(18)3-5-13(12)19/h3-7,9H,8H2,1-2H3,(H,20,23). The zero-order valence-corrected chi connectivity index (χ0v) is 14.4. The summed E-state index contributed by atoms with van der Waals surface area (Å²) < 4.78 is 32.0.